The molecule has 46 heavy (non-hydrogen) atoms. The lowest BCUT2D eigenvalue weighted by Gasteiger charge is -2.15. The lowest BCUT2D eigenvalue weighted by atomic mass is 10.0. The van der Waals surface area contributed by atoms with Gasteiger partial charge < -0.3 is 20.1 Å². The minimum Gasteiger partial charge on any atom is -0.463 e. The second-order valence-corrected chi connectivity index (χ2v) is 14.0. The molecular weight excluding hydrogens is 605 g/mol. The maximum atomic E-state index is 12.0. The third-order valence-corrected chi connectivity index (χ3v) is 8.93. The summed E-state index contributed by atoms with van der Waals surface area (Å²) >= 11 is 0. The number of amides is 1. The fourth-order valence-electron chi connectivity index (χ4n) is 5.08. The van der Waals surface area contributed by atoms with Crippen molar-refractivity contribution in [1.82, 2.24) is 5.32 Å². The Hall–Kier alpha value is -1.25. The largest absolute Gasteiger partial charge is 0.472 e. The number of unbranched alkanes of at least 4 members (excludes halogenated alkanes) is 20. The topological polar surface area (TPSA) is 131 Å². The first-order valence-corrected chi connectivity index (χ1v) is 20.2. The molecule has 9 nitrogen and oxygen atoms in total. The molecule has 0 bridgehead atoms. The van der Waals surface area contributed by atoms with E-state index in [0.717, 1.165) is 51.4 Å². The van der Waals surface area contributed by atoms with Crippen LogP contribution in [0.2, 0.25) is 0 Å². The van der Waals surface area contributed by atoms with Gasteiger partial charge in [0.25, 0.3) is 0 Å². The van der Waals surface area contributed by atoms with Crippen LogP contribution in [0.3, 0.4) is 0 Å². The Morgan fingerprint density at radius 1 is 0.652 bits per heavy atom. The van der Waals surface area contributed by atoms with Crippen LogP contribution in [0, 0.1) is 0 Å². The highest BCUT2D eigenvalue weighted by Crippen LogP contribution is 2.42. The van der Waals surface area contributed by atoms with Crippen molar-refractivity contribution in [2.45, 2.75) is 180 Å². The molecule has 0 saturated heterocycles. The van der Waals surface area contributed by atoms with Crippen molar-refractivity contribution >= 4 is 19.7 Å². The number of rotatable bonds is 35. The average Bonchev–Trinajstić information content (AvgIpc) is 3.04. The molecule has 272 valence electrons. The van der Waals surface area contributed by atoms with Crippen LogP contribution in [0.5, 0.6) is 0 Å². The van der Waals surface area contributed by atoms with Gasteiger partial charge in [0.1, 0.15) is 12.7 Å². The smallest absolute Gasteiger partial charge is 0.463 e. The number of phosphoric ester groups is 1. The van der Waals surface area contributed by atoms with Crippen LogP contribution in [-0.4, -0.2) is 54.3 Å². The van der Waals surface area contributed by atoms with Gasteiger partial charge in [0.2, 0.25) is 5.91 Å². The number of aliphatic hydroxyl groups is 1. The quantitative estimate of drug-likeness (QED) is 0.0262. The number of phosphoric acid groups is 1. The number of aliphatic hydroxyl groups excluding tert-OH is 1. The number of hydrogen-bond acceptors (Lipinski definition) is 7. The molecule has 0 aromatic carbocycles. The van der Waals surface area contributed by atoms with Crippen molar-refractivity contribution in [2.24, 2.45) is 0 Å². The van der Waals surface area contributed by atoms with Gasteiger partial charge in [-0.2, -0.15) is 0 Å². The van der Waals surface area contributed by atoms with Crippen LogP contribution in [0.4, 0.5) is 0 Å². The molecule has 0 spiro atoms. The molecule has 0 aliphatic rings. The molecule has 3 N–H and O–H groups in total. The number of carbonyl (C=O) groups is 2. The maximum Gasteiger partial charge on any atom is 0.472 e. The molecule has 2 atom stereocenters. The van der Waals surface area contributed by atoms with E-state index in [2.05, 4.69) is 31.3 Å². The van der Waals surface area contributed by atoms with E-state index in [1.807, 2.05) is 0 Å². The van der Waals surface area contributed by atoms with E-state index < -0.39 is 26.5 Å². The Balaban J connectivity index is 3.63. The molecule has 10 heteroatoms. The van der Waals surface area contributed by atoms with E-state index in [1.54, 1.807) is 0 Å². The molecule has 0 aromatic heterocycles. The summed E-state index contributed by atoms with van der Waals surface area (Å²) in [5.41, 5.74) is 0. The van der Waals surface area contributed by atoms with Gasteiger partial charge in [-0.05, 0) is 38.5 Å². The van der Waals surface area contributed by atoms with Crippen molar-refractivity contribution in [3.8, 4) is 0 Å². The first-order chi connectivity index (χ1) is 22.3. The minimum absolute atomic E-state index is 0.0802. The van der Waals surface area contributed by atoms with Gasteiger partial charge in [-0.25, -0.2) is 4.57 Å². The van der Waals surface area contributed by atoms with Gasteiger partial charge in [0.15, 0.2) is 0 Å². The molecule has 1 amide bonds. The fraction of sp³-hybridized carbons (Fsp3) is 0.889. The molecule has 0 fully saturated rings. The Labute approximate surface area is 281 Å². The van der Waals surface area contributed by atoms with E-state index >= 15 is 0 Å². The highest BCUT2D eigenvalue weighted by molar-refractivity contribution is 7.47. The molecule has 0 aromatic rings. The number of ether oxygens (including phenoxy) is 1. The fourth-order valence-corrected chi connectivity index (χ4v) is 5.84. The molecule has 0 rings (SSSR count). The summed E-state index contributed by atoms with van der Waals surface area (Å²) in [5.74, 6) is -0.523. The van der Waals surface area contributed by atoms with Gasteiger partial charge in [-0.15, -0.1) is 0 Å². The Morgan fingerprint density at radius 3 is 1.65 bits per heavy atom. The highest BCUT2D eigenvalue weighted by atomic mass is 31.2. The summed E-state index contributed by atoms with van der Waals surface area (Å²) in [4.78, 5) is 33.7. The number of esters is 1. The molecule has 0 aliphatic carbocycles. The monoisotopic (exact) mass is 675 g/mol. The van der Waals surface area contributed by atoms with Gasteiger partial charge in [-0.1, -0.05) is 135 Å². The predicted octanol–water partition coefficient (Wildman–Crippen LogP) is 9.49. The Bertz CT molecular complexity index is 779. The molecular formula is C36H70NO8P. The minimum atomic E-state index is -4.40. The number of nitrogens with one attached hydrogen (secondary N) is 1. The van der Waals surface area contributed by atoms with Crippen molar-refractivity contribution < 1.29 is 37.9 Å². The third-order valence-electron chi connectivity index (χ3n) is 7.95. The van der Waals surface area contributed by atoms with Crippen molar-refractivity contribution in [3.05, 3.63) is 12.2 Å². The second-order valence-electron chi connectivity index (χ2n) is 12.6. The lowest BCUT2D eigenvalue weighted by molar-refractivity contribution is -0.147. The average molecular weight is 676 g/mol. The van der Waals surface area contributed by atoms with Crippen molar-refractivity contribution in [2.75, 3.05) is 26.4 Å². The summed E-state index contributed by atoms with van der Waals surface area (Å²) in [7, 11) is -4.40. The molecule has 2 unspecified atom stereocenters. The zero-order chi connectivity index (χ0) is 34.0. The van der Waals surface area contributed by atoms with Crippen LogP contribution >= 0.6 is 7.82 Å². The van der Waals surface area contributed by atoms with Crippen LogP contribution in [0.15, 0.2) is 12.2 Å². The molecule has 0 saturated carbocycles. The van der Waals surface area contributed by atoms with Crippen LogP contribution in [-0.2, 0) is 27.9 Å². The first-order valence-electron chi connectivity index (χ1n) is 18.7. The van der Waals surface area contributed by atoms with E-state index in [9.17, 15) is 24.2 Å². The van der Waals surface area contributed by atoms with Gasteiger partial charge >= 0.3 is 13.8 Å². The molecule has 0 heterocycles. The SMILES string of the molecule is CCCCCC/C=C\CCCCCCCC(=O)NCCOP(=O)(O)OCC(O)COC(=O)CCCCCCCCCCCCCC. The zero-order valence-electron chi connectivity index (χ0n) is 29.5. The molecule has 0 radical (unpaired) electrons. The summed E-state index contributed by atoms with van der Waals surface area (Å²) in [6.07, 6.45) is 31.4. The highest BCUT2D eigenvalue weighted by Gasteiger charge is 2.23. The summed E-state index contributed by atoms with van der Waals surface area (Å²) in [6.45, 7) is 3.52. The summed E-state index contributed by atoms with van der Waals surface area (Å²) in [6, 6.07) is 0. The van der Waals surface area contributed by atoms with Crippen LogP contribution in [0.1, 0.15) is 174 Å². The van der Waals surface area contributed by atoms with Crippen LogP contribution in [0.25, 0.3) is 0 Å². The van der Waals surface area contributed by atoms with Crippen molar-refractivity contribution in [3.63, 3.8) is 0 Å². The van der Waals surface area contributed by atoms with E-state index in [0.29, 0.717) is 6.42 Å². The summed E-state index contributed by atoms with van der Waals surface area (Å²) in [5, 5.41) is 12.6. The first kappa shape index (κ1) is 44.8. The van der Waals surface area contributed by atoms with Gasteiger partial charge in [0.05, 0.1) is 13.2 Å². The Kier molecular flexibility index (Phi) is 32.7. The normalized spacial score (nSPS) is 13.6. The number of hydrogen-bond donors (Lipinski definition) is 3. The second kappa shape index (κ2) is 33.6. The Morgan fingerprint density at radius 2 is 1.11 bits per heavy atom. The lowest BCUT2D eigenvalue weighted by Crippen LogP contribution is -2.27. The molecule has 0 aliphatic heterocycles. The third kappa shape index (κ3) is 34.1. The van der Waals surface area contributed by atoms with Gasteiger partial charge in [0, 0.05) is 19.4 Å². The maximum absolute atomic E-state index is 12.0. The number of carbonyl (C=O) groups excluding carboxylic acids is 2. The zero-order valence-corrected chi connectivity index (χ0v) is 30.4. The van der Waals surface area contributed by atoms with E-state index in [1.165, 1.54) is 96.3 Å². The van der Waals surface area contributed by atoms with Crippen LogP contribution < -0.4 is 5.32 Å². The summed E-state index contributed by atoms with van der Waals surface area (Å²) < 4.78 is 26.7. The predicted molar refractivity (Wildman–Crippen MR) is 188 cm³/mol. The van der Waals surface area contributed by atoms with Crippen molar-refractivity contribution in [1.29, 1.82) is 0 Å². The number of allylic oxidation sites excluding steroid dienone is 2. The van der Waals surface area contributed by atoms with E-state index in [-0.39, 0.29) is 32.1 Å². The standard InChI is InChI=1S/C36H70NO8P/c1-3-5-7-9-11-13-15-17-18-20-22-24-26-28-35(39)37-30-31-44-46(41,42)45-33-34(38)32-43-36(40)29-27-25-23-21-19-16-14-12-10-8-6-4-2/h13,15,34,38H,3-12,14,16-33H2,1-2H3,(H,37,39)(H,41,42)/b15-13-. The van der Waals surface area contributed by atoms with Gasteiger partial charge in [-0.3, -0.25) is 18.6 Å². The van der Waals surface area contributed by atoms with E-state index in [4.69, 9.17) is 13.8 Å².